The number of aromatic nitrogens is 2. The van der Waals surface area contributed by atoms with Crippen molar-refractivity contribution in [2.45, 2.75) is 13.3 Å². The Labute approximate surface area is 84.3 Å². The maximum absolute atomic E-state index is 5.56. The SMILES string of the molecule is CCc1ccsc1-c1nc(Cl)no1. The second-order valence-electron chi connectivity index (χ2n) is 2.50. The van der Waals surface area contributed by atoms with Gasteiger partial charge in [0.25, 0.3) is 11.2 Å². The van der Waals surface area contributed by atoms with E-state index in [2.05, 4.69) is 23.1 Å². The first-order chi connectivity index (χ1) is 6.31. The second kappa shape index (κ2) is 3.47. The molecule has 0 fully saturated rings. The Bertz CT molecular complexity index is 410. The molecule has 0 N–H and O–H groups in total. The van der Waals surface area contributed by atoms with Crippen molar-refractivity contribution >= 4 is 22.9 Å². The van der Waals surface area contributed by atoms with Crippen molar-refractivity contribution in [1.29, 1.82) is 0 Å². The number of hydrogen-bond acceptors (Lipinski definition) is 4. The van der Waals surface area contributed by atoms with E-state index in [-0.39, 0.29) is 5.28 Å². The maximum Gasteiger partial charge on any atom is 0.269 e. The minimum atomic E-state index is 0.158. The van der Waals surface area contributed by atoms with Crippen molar-refractivity contribution in [3.63, 3.8) is 0 Å². The lowest BCUT2D eigenvalue weighted by atomic mass is 10.2. The van der Waals surface area contributed by atoms with Gasteiger partial charge in [0.2, 0.25) is 0 Å². The molecule has 5 heteroatoms. The van der Waals surface area contributed by atoms with E-state index < -0.39 is 0 Å². The minimum absolute atomic E-state index is 0.158. The van der Waals surface area contributed by atoms with Gasteiger partial charge in [0.05, 0.1) is 4.88 Å². The third-order valence-corrected chi connectivity index (χ3v) is 2.82. The number of aryl methyl sites for hydroxylation is 1. The zero-order chi connectivity index (χ0) is 9.26. The Morgan fingerprint density at radius 1 is 1.62 bits per heavy atom. The van der Waals surface area contributed by atoms with E-state index in [9.17, 15) is 0 Å². The van der Waals surface area contributed by atoms with Gasteiger partial charge in [-0.2, -0.15) is 4.98 Å². The van der Waals surface area contributed by atoms with E-state index >= 15 is 0 Å². The fourth-order valence-corrected chi connectivity index (χ4v) is 2.13. The van der Waals surface area contributed by atoms with Crippen LogP contribution in [0.25, 0.3) is 10.8 Å². The molecule has 13 heavy (non-hydrogen) atoms. The number of rotatable bonds is 2. The van der Waals surface area contributed by atoms with E-state index in [0.29, 0.717) is 5.89 Å². The Morgan fingerprint density at radius 2 is 2.46 bits per heavy atom. The fourth-order valence-electron chi connectivity index (χ4n) is 1.10. The van der Waals surface area contributed by atoms with Crippen LogP contribution in [0, 0.1) is 0 Å². The molecular weight excluding hydrogens is 208 g/mol. The van der Waals surface area contributed by atoms with Gasteiger partial charge in [-0.25, -0.2) is 0 Å². The molecule has 0 amide bonds. The second-order valence-corrected chi connectivity index (χ2v) is 3.75. The van der Waals surface area contributed by atoms with Crippen LogP contribution >= 0.6 is 22.9 Å². The molecule has 0 saturated heterocycles. The van der Waals surface area contributed by atoms with Crippen LogP contribution in [0.5, 0.6) is 0 Å². The van der Waals surface area contributed by atoms with Gasteiger partial charge in [-0.05, 0) is 40.2 Å². The van der Waals surface area contributed by atoms with Crippen LogP contribution in [0.15, 0.2) is 16.0 Å². The van der Waals surface area contributed by atoms with Crippen LogP contribution in [0.1, 0.15) is 12.5 Å². The standard InChI is InChI=1S/C8H7ClN2OS/c1-2-5-3-4-13-6(5)7-10-8(9)11-12-7/h3-4H,2H2,1H3. The van der Waals surface area contributed by atoms with Gasteiger partial charge in [-0.15, -0.1) is 11.3 Å². The van der Waals surface area contributed by atoms with Crippen LogP contribution in [0.2, 0.25) is 5.28 Å². The summed E-state index contributed by atoms with van der Waals surface area (Å²) in [6, 6.07) is 2.05. The average Bonchev–Trinajstić information content (AvgIpc) is 2.71. The molecule has 0 unspecified atom stereocenters. The van der Waals surface area contributed by atoms with Gasteiger partial charge >= 0.3 is 0 Å². The summed E-state index contributed by atoms with van der Waals surface area (Å²) in [6.07, 6.45) is 0.957. The Morgan fingerprint density at radius 3 is 3.08 bits per heavy atom. The molecule has 0 radical (unpaired) electrons. The van der Waals surface area contributed by atoms with Crippen LogP contribution in [-0.2, 0) is 6.42 Å². The first-order valence-electron chi connectivity index (χ1n) is 3.87. The van der Waals surface area contributed by atoms with E-state index in [1.54, 1.807) is 11.3 Å². The molecular formula is C8H7ClN2OS. The van der Waals surface area contributed by atoms with Crippen molar-refractivity contribution in [2.24, 2.45) is 0 Å². The Balaban J connectivity index is 2.45. The summed E-state index contributed by atoms with van der Waals surface area (Å²) in [5.41, 5.74) is 1.21. The van der Waals surface area contributed by atoms with Crippen LogP contribution in [0.3, 0.4) is 0 Å². The highest BCUT2D eigenvalue weighted by Crippen LogP contribution is 2.28. The molecule has 0 aliphatic rings. The zero-order valence-corrected chi connectivity index (χ0v) is 8.52. The van der Waals surface area contributed by atoms with E-state index in [1.165, 1.54) is 5.56 Å². The normalized spacial score (nSPS) is 10.6. The summed E-state index contributed by atoms with van der Waals surface area (Å²) < 4.78 is 4.97. The molecule has 2 rings (SSSR count). The molecule has 2 aromatic rings. The molecule has 0 saturated carbocycles. The quantitative estimate of drug-likeness (QED) is 0.772. The molecule has 0 bridgehead atoms. The molecule has 0 spiro atoms. The molecule has 2 heterocycles. The summed E-state index contributed by atoms with van der Waals surface area (Å²) >= 11 is 7.15. The summed E-state index contributed by atoms with van der Waals surface area (Å²) in [5.74, 6) is 0.511. The van der Waals surface area contributed by atoms with Gasteiger partial charge in [0.15, 0.2) is 0 Å². The van der Waals surface area contributed by atoms with Gasteiger partial charge in [0.1, 0.15) is 0 Å². The molecule has 68 valence electrons. The highest BCUT2D eigenvalue weighted by molar-refractivity contribution is 7.13. The third-order valence-electron chi connectivity index (χ3n) is 1.72. The van der Waals surface area contributed by atoms with Crippen molar-refractivity contribution < 1.29 is 4.52 Å². The van der Waals surface area contributed by atoms with Crippen molar-refractivity contribution in [1.82, 2.24) is 10.1 Å². The van der Waals surface area contributed by atoms with Crippen molar-refractivity contribution in [3.8, 4) is 10.8 Å². The first kappa shape index (κ1) is 8.72. The van der Waals surface area contributed by atoms with E-state index in [1.807, 2.05) is 5.38 Å². The average molecular weight is 215 g/mol. The van der Waals surface area contributed by atoms with Gasteiger partial charge in [-0.3, -0.25) is 0 Å². The molecule has 0 atom stereocenters. The lowest BCUT2D eigenvalue weighted by Crippen LogP contribution is -1.79. The number of halogens is 1. The van der Waals surface area contributed by atoms with E-state index in [4.69, 9.17) is 16.1 Å². The first-order valence-corrected chi connectivity index (χ1v) is 5.13. The lowest BCUT2D eigenvalue weighted by molar-refractivity contribution is 0.431. The predicted molar refractivity (Wildman–Crippen MR) is 52.0 cm³/mol. The Kier molecular flexibility index (Phi) is 2.33. The fraction of sp³-hybridized carbons (Fsp3) is 0.250. The van der Waals surface area contributed by atoms with Gasteiger partial charge in [-0.1, -0.05) is 6.92 Å². The number of nitrogens with zero attached hydrogens (tertiary/aromatic N) is 2. The van der Waals surface area contributed by atoms with Crippen LogP contribution in [-0.4, -0.2) is 10.1 Å². The molecule has 0 aromatic carbocycles. The topological polar surface area (TPSA) is 38.9 Å². The largest absolute Gasteiger partial charge is 0.332 e. The van der Waals surface area contributed by atoms with Crippen LogP contribution in [0.4, 0.5) is 0 Å². The number of thiophene rings is 1. The monoisotopic (exact) mass is 214 g/mol. The highest BCUT2D eigenvalue weighted by atomic mass is 35.5. The summed E-state index contributed by atoms with van der Waals surface area (Å²) in [7, 11) is 0. The smallest absolute Gasteiger partial charge is 0.269 e. The summed E-state index contributed by atoms with van der Waals surface area (Å²) in [6.45, 7) is 2.09. The highest BCUT2D eigenvalue weighted by Gasteiger charge is 2.12. The summed E-state index contributed by atoms with van der Waals surface area (Å²) in [5, 5.41) is 5.70. The Hall–Kier alpha value is -0.870. The maximum atomic E-state index is 5.56. The molecule has 0 aliphatic carbocycles. The van der Waals surface area contributed by atoms with E-state index in [0.717, 1.165) is 11.3 Å². The molecule has 2 aromatic heterocycles. The predicted octanol–water partition coefficient (Wildman–Crippen LogP) is 3.01. The van der Waals surface area contributed by atoms with Gasteiger partial charge in [0, 0.05) is 0 Å². The van der Waals surface area contributed by atoms with Crippen molar-refractivity contribution in [2.75, 3.05) is 0 Å². The molecule has 0 aliphatic heterocycles. The third kappa shape index (κ3) is 1.59. The van der Waals surface area contributed by atoms with Crippen LogP contribution < -0.4 is 0 Å². The van der Waals surface area contributed by atoms with Crippen molar-refractivity contribution in [3.05, 3.63) is 22.3 Å². The molecule has 3 nitrogen and oxygen atoms in total. The lowest BCUT2D eigenvalue weighted by Gasteiger charge is -1.92. The number of hydrogen-bond donors (Lipinski definition) is 0. The van der Waals surface area contributed by atoms with Gasteiger partial charge < -0.3 is 4.52 Å². The zero-order valence-electron chi connectivity index (χ0n) is 6.95. The summed E-state index contributed by atoms with van der Waals surface area (Å²) in [4.78, 5) is 4.98. The minimum Gasteiger partial charge on any atom is -0.332 e.